The third-order valence-corrected chi connectivity index (χ3v) is 2.81. The maximum atomic E-state index is 12.9. The van der Waals surface area contributed by atoms with E-state index in [2.05, 4.69) is 20.8 Å². The predicted molar refractivity (Wildman–Crippen MR) is 65.4 cm³/mol. The molecule has 0 amide bonds. The SMILES string of the molecule is CCNCc1nnnn1C(C)c1ccc(F)cc1. The van der Waals surface area contributed by atoms with Crippen LogP contribution in [0, 0.1) is 5.82 Å². The van der Waals surface area contributed by atoms with Crippen molar-refractivity contribution in [1.82, 2.24) is 25.5 Å². The number of benzene rings is 1. The third-order valence-electron chi connectivity index (χ3n) is 2.81. The predicted octanol–water partition coefficient (Wildman–Crippen LogP) is 1.53. The van der Waals surface area contributed by atoms with Gasteiger partial charge in [-0.1, -0.05) is 19.1 Å². The Morgan fingerprint density at radius 3 is 2.72 bits per heavy atom. The minimum Gasteiger partial charge on any atom is -0.310 e. The minimum atomic E-state index is -0.240. The topological polar surface area (TPSA) is 55.6 Å². The summed E-state index contributed by atoms with van der Waals surface area (Å²) in [6.07, 6.45) is 0. The van der Waals surface area contributed by atoms with E-state index in [0.29, 0.717) is 6.54 Å². The van der Waals surface area contributed by atoms with Gasteiger partial charge < -0.3 is 5.32 Å². The second-order valence-corrected chi connectivity index (χ2v) is 4.05. The molecule has 6 heteroatoms. The van der Waals surface area contributed by atoms with Gasteiger partial charge >= 0.3 is 0 Å². The van der Waals surface area contributed by atoms with Crippen LogP contribution < -0.4 is 5.32 Å². The summed E-state index contributed by atoms with van der Waals surface area (Å²) >= 11 is 0. The molecule has 1 aromatic carbocycles. The highest BCUT2D eigenvalue weighted by Gasteiger charge is 2.14. The van der Waals surface area contributed by atoms with Gasteiger partial charge in [0, 0.05) is 0 Å². The zero-order chi connectivity index (χ0) is 13.0. The van der Waals surface area contributed by atoms with Gasteiger partial charge in [0.05, 0.1) is 12.6 Å². The molecule has 1 heterocycles. The lowest BCUT2D eigenvalue weighted by molar-refractivity contribution is 0.507. The molecule has 1 aromatic heterocycles. The summed E-state index contributed by atoms with van der Waals surface area (Å²) in [6.45, 7) is 5.49. The maximum Gasteiger partial charge on any atom is 0.165 e. The van der Waals surface area contributed by atoms with Gasteiger partial charge in [-0.25, -0.2) is 9.07 Å². The molecular formula is C12H16FN5. The van der Waals surface area contributed by atoms with E-state index < -0.39 is 0 Å². The zero-order valence-electron chi connectivity index (χ0n) is 10.5. The Morgan fingerprint density at radius 2 is 2.06 bits per heavy atom. The molecule has 0 saturated heterocycles. The molecule has 2 aromatic rings. The summed E-state index contributed by atoms with van der Waals surface area (Å²) in [5, 5.41) is 14.8. The molecule has 0 fully saturated rings. The quantitative estimate of drug-likeness (QED) is 0.873. The van der Waals surface area contributed by atoms with Gasteiger partial charge in [0.15, 0.2) is 5.82 Å². The van der Waals surface area contributed by atoms with E-state index >= 15 is 0 Å². The summed E-state index contributed by atoms with van der Waals surface area (Å²) in [5.74, 6) is 0.532. The van der Waals surface area contributed by atoms with Gasteiger partial charge in [-0.2, -0.15) is 0 Å². The molecule has 0 saturated carbocycles. The van der Waals surface area contributed by atoms with E-state index in [-0.39, 0.29) is 11.9 Å². The number of hydrogen-bond donors (Lipinski definition) is 1. The van der Waals surface area contributed by atoms with Gasteiger partial charge in [-0.15, -0.1) is 5.10 Å². The lowest BCUT2D eigenvalue weighted by Gasteiger charge is -2.13. The van der Waals surface area contributed by atoms with E-state index in [0.717, 1.165) is 17.9 Å². The largest absolute Gasteiger partial charge is 0.310 e. The number of rotatable bonds is 5. The summed E-state index contributed by atoms with van der Waals surface area (Å²) in [5.41, 5.74) is 0.974. The highest BCUT2D eigenvalue weighted by molar-refractivity contribution is 5.20. The molecule has 18 heavy (non-hydrogen) atoms. The Labute approximate surface area is 105 Å². The average molecular weight is 249 g/mol. The summed E-state index contributed by atoms with van der Waals surface area (Å²) in [7, 11) is 0. The van der Waals surface area contributed by atoms with Crippen molar-refractivity contribution in [2.75, 3.05) is 6.54 Å². The lowest BCUT2D eigenvalue weighted by Crippen LogP contribution is -2.19. The van der Waals surface area contributed by atoms with Gasteiger partial charge in [0.1, 0.15) is 5.82 Å². The van der Waals surface area contributed by atoms with Crippen molar-refractivity contribution in [1.29, 1.82) is 0 Å². The van der Waals surface area contributed by atoms with E-state index in [1.54, 1.807) is 16.8 Å². The summed E-state index contributed by atoms with van der Waals surface area (Å²) < 4.78 is 14.6. The molecule has 0 radical (unpaired) electrons. The number of nitrogens with one attached hydrogen (secondary N) is 1. The van der Waals surface area contributed by atoms with Crippen LogP contribution in [0.1, 0.15) is 31.3 Å². The number of aromatic nitrogens is 4. The van der Waals surface area contributed by atoms with Crippen LogP contribution in [0.4, 0.5) is 4.39 Å². The number of halogens is 1. The Bertz CT molecular complexity index is 493. The second-order valence-electron chi connectivity index (χ2n) is 4.05. The van der Waals surface area contributed by atoms with E-state index in [4.69, 9.17) is 0 Å². The Balaban J connectivity index is 2.20. The van der Waals surface area contributed by atoms with Gasteiger partial charge in [0.25, 0.3) is 0 Å². The van der Waals surface area contributed by atoms with Crippen LogP contribution in [0.3, 0.4) is 0 Å². The maximum absolute atomic E-state index is 12.9. The molecule has 96 valence electrons. The van der Waals surface area contributed by atoms with E-state index in [1.807, 2.05) is 13.8 Å². The first kappa shape index (κ1) is 12.6. The van der Waals surface area contributed by atoms with E-state index in [1.165, 1.54) is 12.1 Å². The zero-order valence-corrected chi connectivity index (χ0v) is 10.5. The minimum absolute atomic E-state index is 0.0192. The fourth-order valence-corrected chi connectivity index (χ4v) is 1.75. The molecule has 0 aliphatic rings. The number of nitrogens with zero attached hydrogens (tertiary/aromatic N) is 4. The van der Waals surface area contributed by atoms with Crippen molar-refractivity contribution in [2.24, 2.45) is 0 Å². The Hall–Kier alpha value is -1.82. The normalized spacial score (nSPS) is 12.6. The van der Waals surface area contributed by atoms with Crippen molar-refractivity contribution < 1.29 is 4.39 Å². The number of tetrazole rings is 1. The first-order valence-corrected chi connectivity index (χ1v) is 5.95. The van der Waals surface area contributed by atoms with E-state index in [9.17, 15) is 4.39 Å². The Morgan fingerprint density at radius 1 is 1.33 bits per heavy atom. The van der Waals surface area contributed by atoms with Gasteiger partial charge in [0.2, 0.25) is 0 Å². The van der Waals surface area contributed by atoms with Crippen molar-refractivity contribution in [2.45, 2.75) is 26.4 Å². The average Bonchev–Trinajstić information content (AvgIpc) is 2.84. The van der Waals surface area contributed by atoms with Crippen molar-refractivity contribution in [3.63, 3.8) is 0 Å². The van der Waals surface area contributed by atoms with Crippen LogP contribution in [-0.4, -0.2) is 26.8 Å². The smallest absolute Gasteiger partial charge is 0.165 e. The molecule has 0 spiro atoms. The van der Waals surface area contributed by atoms with Crippen molar-refractivity contribution in [3.8, 4) is 0 Å². The monoisotopic (exact) mass is 249 g/mol. The summed E-state index contributed by atoms with van der Waals surface area (Å²) in [4.78, 5) is 0. The fraction of sp³-hybridized carbons (Fsp3) is 0.417. The molecule has 0 aliphatic carbocycles. The molecule has 5 nitrogen and oxygen atoms in total. The molecule has 1 unspecified atom stereocenters. The molecule has 0 bridgehead atoms. The Kier molecular flexibility index (Phi) is 3.99. The molecule has 1 N–H and O–H groups in total. The summed E-state index contributed by atoms with van der Waals surface area (Å²) in [6, 6.07) is 6.37. The molecule has 2 rings (SSSR count). The van der Waals surface area contributed by atoms with Gasteiger partial charge in [-0.05, 0) is 41.6 Å². The lowest BCUT2D eigenvalue weighted by atomic mass is 10.1. The van der Waals surface area contributed by atoms with Crippen molar-refractivity contribution >= 4 is 0 Å². The molecule has 1 atom stereocenters. The van der Waals surface area contributed by atoms with Crippen LogP contribution in [0.5, 0.6) is 0 Å². The second kappa shape index (κ2) is 5.68. The van der Waals surface area contributed by atoms with Crippen LogP contribution in [0.2, 0.25) is 0 Å². The first-order chi connectivity index (χ1) is 8.72. The first-order valence-electron chi connectivity index (χ1n) is 5.95. The van der Waals surface area contributed by atoms with Crippen molar-refractivity contribution in [3.05, 3.63) is 41.5 Å². The third kappa shape index (κ3) is 2.70. The van der Waals surface area contributed by atoms with Crippen LogP contribution in [0.15, 0.2) is 24.3 Å². The van der Waals surface area contributed by atoms with Crippen LogP contribution in [0.25, 0.3) is 0 Å². The van der Waals surface area contributed by atoms with Crippen LogP contribution >= 0.6 is 0 Å². The fourth-order valence-electron chi connectivity index (χ4n) is 1.75. The molecule has 0 aliphatic heterocycles. The standard InChI is InChI=1S/C12H16FN5/c1-3-14-8-12-15-16-17-18(12)9(2)10-4-6-11(13)7-5-10/h4-7,9,14H,3,8H2,1-2H3. The van der Waals surface area contributed by atoms with Crippen LogP contribution in [-0.2, 0) is 6.54 Å². The highest BCUT2D eigenvalue weighted by Crippen LogP contribution is 2.17. The van der Waals surface area contributed by atoms with Gasteiger partial charge in [-0.3, -0.25) is 0 Å². The number of hydrogen-bond acceptors (Lipinski definition) is 4. The molecular weight excluding hydrogens is 233 g/mol. The highest BCUT2D eigenvalue weighted by atomic mass is 19.1.